The second-order valence-corrected chi connectivity index (χ2v) is 3.36. The van der Waals surface area contributed by atoms with E-state index >= 15 is 0 Å². The molecule has 1 rings (SSSR count). The van der Waals surface area contributed by atoms with Gasteiger partial charge < -0.3 is 10.2 Å². The molecule has 4 nitrogen and oxygen atoms in total. The zero-order valence-corrected chi connectivity index (χ0v) is 7.19. The molecule has 2 atom stereocenters. The van der Waals surface area contributed by atoms with Crippen LogP contribution in [0.15, 0.2) is 12.2 Å². The van der Waals surface area contributed by atoms with Crippen molar-refractivity contribution in [2.75, 3.05) is 0 Å². The van der Waals surface area contributed by atoms with Gasteiger partial charge in [0, 0.05) is 0 Å². The molecule has 1 aliphatic rings. The highest BCUT2D eigenvalue weighted by Crippen LogP contribution is 2.32. The summed E-state index contributed by atoms with van der Waals surface area (Å²) in [5, 5.41) is 17.5. The van der Waals surface area contributed by atoms with Crippen molar-refractivity contribution in [2.24, 2.45) is 11.8 Å². The normalized spacial score (nSPS) is 28.5. The Kier molecular flexibility index (Phi) is 2.70. The fourth-order valence-electron chi connectivity index (χ4n) is 1.60. The third-order valence-corrected chi connectivity index (χ3v) is 2.47. The zero-order chi connectivity index (χ0) is 10.0. The van der Waals surface area contributed by atoms with Crippen molar-refractivity contribution < 1.29 is 19.8 Å². The first-order valence-corrected chi connectivity index (χ1v) is 4.15. The minimum absolute atomic E-state index is 0.184. The monoisotopic (exact) mass is 184 g/mol. The molecule has 0 spiro atoms. The van der Waals surface area contributed by atoms with E-state index in [0.29, 0.717) is 18.4 Å². The largest absolute Gasteiger partial charge is 0.481 e. The molecule has 0 aromatic heterocycles. The molecule has 0 amide bonds. The summed E-state index contributed by atoms with van der Waals surface area (Å²) in [5.41, 5.74) is 0.644. The van der Waals surface area contributed by atoms with Crippen molar-refractivity contribution in [1.29, 1.82) is 0 Å². The van der Waals surface area contributed by atoms with Crippen LogP contribution < -0.4 is 0 Å². The summed E-state index contributed by atoms with van der Waals surface area (Å²) in [7, 11) is 0. The van der Waals surface area contributed by atoms with Crippen molar-refractivity contribution in [3.8, 4) is 0 Å². The first-order valence-electron chi connectivity index (χ1n) is 4.15. The molecule has 1 aliphatic carbocycles. The van der Waals surface area contributed by atoms with Crippen LogP contribution in [0.5, 0.6) is 0 Å². The molecule has 13 heavy (non-hydrogen) atoms. The smallest absolute Gasteiger partial charge is 0.310 e. The molecular formula is C9H12O4. The maximum absolute atomic E-state index is 10.7. The third kappa shape index (κ3) is 2.08. The van der Waals surface area contributed by atoms with Crippen LogP contribution in [-0.4, -0.2) is 22.2 Å². The van der Waals surface area contributed by atoms with Gasteiger partial charge in [-0.05, 0) is 19.3 Å². The summed E-state index contributed by atoms with van der Waals surface area (Å²) < 4.78 is 0. The van der Waals surface area contributed by atoms with Crippen LogP contribution in [0.1, 0.15) is 19.3 Å². The standard InChI is InChI=1S/C9H12O4/c1-5-2-3-6(8(10)11)4-7(5)9(12)13/h6-7H,1-4H2,(H,10,11)(H,12,13). The van der Waals surface area contributed by atoms with Gasteiger partial charge in [0.1, 0.15) is 0 Å². The van der Waals surface area contributed by atoms with E-state index < -0.39 is 23.8 Å². The van der Waals surface area contributed by atoms with Crippen LogP contribution in [0, 0.1) is 11.8 Å². The Balaban J connectivity index is 2.68. The van der Waals surface area contributed by atoms with Crippen LogP contribution in [0.2, 0.25) is 0 Å². The van der Waals surface area contributed by atoms with E-state index in [1.54, 1.807) is 0 Å². The summed E-state index contributed by atoms with van der Waals surface area (Å²) in [5.74, 6) is -3.06. The highest BCUT2D eigenvalue weighted by molar-refractivity contribution is 5.76. The van der Waals surface area contributed by atoms with Crippen molar-refractivity contribution in [1.82, 2.24) is 0 Å². The fourth-order valence-corrected chi connectivity index (χ4v) is 1.60. The van der Waals surface area contributed by atoms with Gasteiger partial charge in [-0.3, -0.25) is 9.59 Å². The predicted octanol–water partition coefficient (Wildman–Crippen LogP) is 1.13. The Morgan fingerprint density at radius 2 is 1.92 bits per heavy atom. The molecule has 1 fully saturated rings. The topological polar surface area (TPSA) is 74.6 Å². The fraction of sp³-hybridized carbons (Fsp3) is 0.556. The quantitative estimate of drug-likeness (QED) is 0.631. The number of aliphatic carboxylic acids is 2. The van der Waals surface area contributed by atoms with Crippen molar-refractivity contribution in [2.45, 2.75) is 19.3 Å². The summed E-state index contributed by atoms with van der Waals surface area (Å²) in [6, 6.07) is 0. The Hall–Kier alpha value is -1.32. The highest BCUT2D eigenvalue weighted by Gasteiger charge is 2.33. The predicted molar refractivity (Wildman–Crippen MR) is 45.2 cm³/mol. The zero-order valence-electron chi connectivity index (χ0n) is 7.19. The maximum Gasteiger partial charge on any atom is 0.310 e. The Morgan fingerprint density at radius 3 is 2.38 bits per heavy atom. The van der Waals surface area contributed by atoms with E-state index in [0.717, 1.165) is 0 Å². The molecular weight excluding hydrogens is 172 g/mol. The third-order valence-electron chi connectivity index (χ3n) is 2.47. The highest BCUT2D eigenvalue weighted by atomic mass is 16.4. The van der Waals surface area contributed by atoms with Gasteiger partial charge >= 0.3 is 11.9 Å². The van der Waals surface area contributed by atoms with E-state index in [4.69, 9.17) is 10.2 Å². The molecule has 0 bridgehead atoms. The summed E-state index contributed by atoms with van der Waals surface area (Å²) in [6.07, 6.45) is 1.20. The average molecular weight is 184 g/mol. The summed E-state index contributed by atoms with van der Waals surface area (Å²) in [6.45, 7) is 3.64. The molecule has 1 saturated carbocycles. The van der Waals surface area contributed by atoms with Crippen LogP contribution in [-0.2, 0) is 9.59 Å². The molecule has 0 aromatic rings. The van der Waals surface area contributed by atoms with Crippen molar-refractivity contribution >= 4 is 11.9 Å². The molecule has 72 valence electrons. The lowest BCUT2D eigenvalue weighted by molar-refractivity contribution is -0.146. The molecule has 2 N–H and O–H groups in total. The van der Waals surface area contributed by atoms with Gasteiger partial charge in [0.25, 0.3) is 0 Å². The SMILES string of the molecule is C=C1CCC(C(=O)O)CC1C(=O)O. The molecule has 0 aliphatic heterocycles. The van der Waals surface area contributed by atoms with Gasteiger partial charge in [-0.15, -0.1) is 0 Å². The molecule has 2 unspecified atom stereocenters. The lowest BCUT2D eigenvalue weighted by Crippen LogP contribution is -2.28. The van der Waals surface area contributed by atoms with Gasteiger partial charge in [-0.2, -0.15) is 0 Å². The van der Waals surface area contributed by atoms with E-state index in [1.165, 1.54) is 0 Å². The van der Waals surface area contributed by atoms with Gasteiger partial charge in [0.05, 0.1) is 11.8 Å². The van der Waals surface area contributed by atoms with E-state index in [2.05, 4.69) is 6.58 Å². The van der Waals surface area contributed by atoms with Crippen molar-refractivity contribution in [3.05, 3.63) is 12.2 Å². The van der Waals surface area contributed by atoms with Gasteiger partial charge in [0.2, 0.25) is 0 Å². The Morgan fingerprint density at radius 1 is 1.31 bits per heavy atom. The minimum atomic E-state index is -0.962. The molecule has 4 heteroatoms. The first kappa shape index (κ1) is 9.77. The van der Waals surface area contributed by atoms with Crippen LogP contribution >= 0.6 is 0 Å². The molecule has 0 aromatic carbocycles. The first-order chi connectivity index (χ1) is 6.02. The number of carboxylic acids is 2. The molecule has 0 saturated heterocycles. The lowest BCUT2D eigenvalue weighted by Gasteiger charge is -2.25. The number of hydrogen-bond acceptors (Lipinski definition) is 2. The van der Waals surface area contributed by atoms with E-state index in [1.807, 2.05) is 0 Å². The van der Waals surface area contributed by atoms with Crippen LogP contribution in [0.4, 0.5) is 0 Å². The number of carbonyl (C=O) groups is 2. The molecule has 0 radical (unpaired) electrons. The van der Waals surface area contributed by atoms with Gasteiger partial charge in [-0.1, -0.05) is 12.2 Å². The average Bonchev–Trinajstić information content (AvgIpc) is 2.04. The molecule has 0 heterocycles. The van der Waals surface area contributed by atoms with Crippen molar-refractivity contribution in [3.63, 3.8) is 0 Å². The van der Waals surface area contributed by atoms with E-state index in [9.17, 15) is 9.59 Å². The Bertz CT molecular complexity index is 256. The number of hydrogen-bond donors (Lipinski definition) is 2. The second-order valence-electron chi connectivity index (χ2n) is 3.36. The summed E-state index contributed by atoms with van der Waals surface area (Å²) >= 11 is 0. The second kappa shape index (κ2) is 3.60. The number of rotatable bonds is 2. The van der Waals surface area contributed by atoms with Gasteiger partial charge in [0.15, 0.2) is 0 Å². The number of carboxylic acid groups (broad SMARTS) is 2. The Labute approximate surface area is 75.9 Å². The summed E-state index contributed by atoms with van der Waals surface area (Å²) in [4.78, 5) is 21.3. The van der Waals surface area contributed by atoms with Crippen LogP contribution in [0.3, 0.4) is 0 Å². The van der Waals surface area contributed by atoms with E-state index in [-0.39, 0.29) is 6.42 Å². The van der Waals surface area contributed by atoms with Crippen LogP contribution in [0.25, 0.3) is 0 Å². The van der Waals surface area contributed by atoms with Gasteiger partial charge in [-0.25, -0.2) is 0 Å². The maximum atomic E-state index is 10.7. The lowest BCUT2D eigenvalue weighted by atomic mass is 9.78. The minimum Gasteiger partial charge on any atom is -0.481 e.